The van der Waals surface area contributed by atoms with Gasteiger partial charge in [0.1, 0.15) is 18.3 Å². The Kier molecular flexibility index (Phi) is 9.80. The number of thiazole rings is 1. The number of hydrogen-bond acceptors (Lipinski definition) is 8. The quantitative estimate of drug-likeness (QED) is 0.238. The van der Waals surface area contributed by atoms with Crippen LogP contribution in [0.15, 0.2) is 41.8 Å². The second-order valence-electron chi connectivity index (χ2n) is 8.90. The summed E-state index contributed by atoms with van der Waals surface area (Å²) in [5, 5.41) is 27.3. The molecule has 1 aliphatic heterocycles. The van der Waals surface area contributed by atoms with Gasteiger partial charge in [-0.05, 0) is 82.1 Å². The van der Waals surface area contributed by atoms with Crippen LogP contribution in [0.5, 0.6) is 5.75 Å². The van der Waals surface area contributed by atoms with Gasteiger partial charge in [-0.2, -0.15) is 5.26 Å². The van der Waals surface area contributed by atoms with Crippen LogP contribution in [-0.4, -0.2) is 72.6 Å². The van der Waals surface area contributed by atoms with Crippen LogP contribution in [-0.2, 0) is 11.2 Å². The second-order valence-corrected chi connectivity index (χ2v) is 12.1. The molecule has 2 amide bonds. The smallest absolute Gasteiger partial charge is 0.251 e. The Morgan fingerprint density at radius 3 is 2.45 bits per heavy atom. The highest BCUT2D eigenvalue weighted by Gasteiger charge is 2.23. The summed E-state index contributed by atoms with van der Waals surface area (Å²) in [6, 6.07) is 11.7. The maximum absolute atomic E-state index is 13.1. The van der Waals surface area contributed by atoms with E-state index in [1.165, 1.54) is 0 Å². The number of likely N-dealkylation sites (N-methyl/N-ethyl adjacent to an activating group) is 1. The number of anilines is 1. The molecule has 4 rings (SSSR count). The fourth-order valence-electron chi connectivity index (χ4n) is 4.00. The molecule has 1 saturated heterocycles. The molecule has 0 radical (unpaired) electrons. The predicted octanol–water partition coefficient (Wildman–Crippen LogP) is 3.46. The average molecular weight is 756 g/mol. The van der Waals surface area contributed by atoms with Gasteiger partial charge in [0.05, 0.1) is 18.9 Å². The monoisotopic (exact) mass is 756 g/mol. The fourth-order valence-corrected chi connectivity index (χ4v) is 6.79. The molecular formula is C26H26I2N6O3S. The summed E-state index contributed by atoms with van der Waals surface area (Å²) < 4.78 is 1.31. The highest BCUT2D eigenvalue weighted by atomic mass is 127. The standard InChI is InChI=1S/C26H26I2N6O3S/c1-33-8-10-34(11-9-33)26-32-22(15-38-26)17-2-4-18(5-3-17)24(36)31-21(25(37)30-7-6-29)14-16-12-19(27)23(35)20(28)13-16/h2-5,12-13,15,21,35H,7-11,14H2,1H3,(H,30,37)(H,31,36)/t21-/m0/s1. The van der Waals surface area contributed by atoms with E-state index in [-0.39, 0.29) is 18.7 Å². The summed E-state index contributed by atoms with van der Waals surface area (Å²) in [5.74, 6) is -0.665. The number of hydrogen-bond donors (Lipinski definition) is 3. The number of carbonyl (C=O) groups is 2. The van der Waals surface area contributed by atoms with E-state index in [0.29, 0.717) is 12.7 Å². The number of phenols is 1. The van der Waals surface area contributed by atoms with Gasteiger partial charge in [-0.3, -0.25) is 9.59 Å². The molecule has 0 spiro atoms. The number of nitrogens with zero attached hydrogens (tertiary/aromatic N) is 4. The highest BCUT2D eigenvalue weighted by molar-refractivity contribution is 14.1. The number of phenolic OH excluding ortho intramolecular Hbond substituents is 1. The van der Waals surface area contributed by atoms with E-state index in [1.807, 2.05) is 68.8 Å². The maximum atomic E-state index is 13.1. The van der Waals surface area contributed by atoms with Crippen LogP contribution in [0.4, 0.5) is 5.13 Å². The van der Waals surface area contributed by atoms with E-state index < -0.39 is 17.9 Å². The van der Waals surface area contributed by atoms with Crippen molar-refractivity contribution in [2.24, 2.45) is 0 Å². The molecule has 0 saturated carbocycles. The summed E-state index contributed by atoms with van der Waals surface area (Å²) in [7, 11) is 2.12. The molecule has 38 heavy (non-hydrogen) atoms. The normalized spacial score (nSPS) is 14.5. The Balaban J connectivity index is 1.46. The number of piperazine rings is 1. The number of benzene rings is 2. The topological polar surface area (TPSA) is 122 Å². The first-order chi connectivity index (χ1) is 18.2. The Morgan fingerprint density at radius 2 is 1.82 bits per heavy atom. The summed E-state index contributed by atoms with van der Waals surface area (Å²) in [4.78, 5) is 35.2. The van der Waals surface area contributed by atoms with E-state index >= 15 is 0 Å². The van der Waals surface area contributed by atoms with Crippen molar-refractivity contribution in [1.82, 2.24) is 20.5 Å². The van der Waals surface area contributed by atoms with Gasteiger partial charge in [0.2, 0.25) is 5.91 Å². The van der Waals surface area contributed by atoms with Crippen molar-refractivity contribution in [3.05, 3.63) is 60.0 Å². The summed E-state index contributed by atoms with van der Waals surface area (Å²) in [6.45, 7) is 3.77. The van der Waals surface area contributed by atoms with E-state index in [2.05, 4.69) is 27.5 Å². The average Bonchev–Trinajstić information content (AvgIpc) is 3.40. The fraction of sp³-hybridized carbons (Fsp3) is 0.308. The molecule has 0 bridgehead atoms. The zero-order chi connectivity index (χ0) is 27.2. The first-order valence-corrected chi connectivity index (χ1v) is 14.9. The summed E-state index contributed by atoms with van der Waals surface area (Å²) >= 11 is 5.67. The van der Waals surface area contributed by atoms with Crippen LogP contribution in [0.1, 0.15) is 15.9 Å². The molecule has 0 aliphatic carbocycles. The predicted molar refractivity (Wildman–Crippen MR) is 164 cm³/mol. The number of amides is 2. The Hall–Kier alpha value is -2.48. The van der Waals surface area contributed by atoms with Gasteiger partial charge >= 0.3 is 0 Å². The van der Waals surface area contributed by atoms with Crippen LogP contribution in [0.2, 0.25) is 0 Å². The molecule has 12 heteroatoms. The van der Waals surface area contributed by atoms with Gasteiger partial charge in [-0.25, -0.2) is 4.98 Å². The lowest BCUT2D eigenvalue weighted by molar-refractivity contribution is -0.122. The van der Waals surface area contributed by atoms with Gasteiger partial charge in [0.25, 0.3) is 5.91 Å². The van der Waals surface area contributed by atoms with Gasteiger partial charge < -0.3 is 25.5 Å². The van der Waals surface area contributed by atoms with Gasteiger partial charge in [0, 0.05) is 49.1 Å². The lowest BCUT2D eigenvalue weighted by atomic mass is 10.0. The molecule has 2 heterocycles. The number of aromatic hydroxyl groups is 1. The van der Waals surface area contributed by atoms with Gasteiger partial charge in [-0.1, -0.05) is 12.1 Å². The summed E-state index contributed by atoms with van der Waals surface area (Å²) in [5.41, 5.74) is 2.97. The minimum Gasteiger partial charge on any atom is -0.506 e. The molecule has 3 N–H and O–H groups in total. The van der Waals surface area contributed by atoms with Crippen molar-refractivity contribution < 1.29 is 14.7 Å². The van der Waals surface area contributed by atoms with E-state index in [9.17, 15) is 14.7 Å². The lowest BCUT2D eigenvalue weighted by Crippen LogP contribution is -2.48. The molecule has 198 valence electrons. The van der Waals surface area contributed by atoms with Crippen molar-refractivity contribution in [2.45, 2.75) is 12.5 Å². The Labute approximate surface area is 252 Å². The van der Waals surface area contributed by atoms with Crippen LogP contribution in [0, 0.1) is 18.5 Å². The molecule has 1 atom stereocenters. The van der Waals surface area contributed by atoms with E-state index in [1.54, 1.807) is 35.6 Å². The van der Waals surface area contributed by atoms with E-state index in [4.69, 9.17) is 10.2 Å². The first kappa shape index (κ1) is 28.5. The van der Waals surface area contributed by atoms with Crippen molar-refractivity contribution in [3.8, 4) is 23.1 Å². The Bertz CT molecular complexity index is 1330. The number of carbonyl (C=O) groups excluding carboxylic acids is 2. The Morgan fingerprint density at radius 1 is 1.16 bits per heavy atom. The van der Waals surface area contributed by atoms with Crippen molar-refractivity contribution >= 4 is 73.5 Å². The molecule has 3 aromatic rings. The van der Waals surface area contributed by atoms with Crippen molar-refractivity contribution in [2.75, 3.05) is 44.7 Å². The molecule has 0 unspecified atom stereocenters. The number of halogens is 2. The highest BCUT2D eigenvalue weighted by Crippen LogP contribution is 2.29. The summed E-state index contributed by atoms with van der Waals surface area (Å²) in [6.07, 6.45) is 0.210. The third kappa shape index (κ3) is 7.13. The number of aromatic nitrogens is 1. The zero-order valence-electron chi connectivity index (χ0n) is 20.6. The second kappa shape index (κ2) is 13.0. The van der Waals surface area contributed by atoms with Crippen LogP contribution in [0.3, 0.4) is 0 Å². The molecule has 1 aliphatic rings. The molecule has 2 aromatic carbocycles. The largest absolute Gasteiger partial charge is 0.506 e. The number of rotatable bonds is 8. The molecule has 1 fully saturated rings. The van der Waals surface area contributed by atoms with Crippen molar-refractivity contribution in [1.29, 1.82) is 5.26 Å². The van der Waals surface area contributed by atoms with Gasteiger partial charge in [0.15, 0.2) is 5.13 Å². The van der Waals surface area contributed by atoms with Crippen molar-refractivity contribution in [3.63, 3.8) is 0 Å². The maximum Gasteiger partial charge on any atom is 0.251 e. The minimum atomic E-state index is -0.892. The molecule has 1 aromatic heterocycles. The van der Waals surface area contributed by atoms with Gasteiger partial charge in [-0.15, -0.1) is 11.3 Å². The number of nitriles is 1. The SMILES string of the molecule is CN1CCN(c2nc(-c3ccc(C(=O)N[C@@H](Cc4cc(I)c(O)c(I)c4)C(=O)NCC#N)cc3)cs2)CC1. The lowest BCUT2D eigenvalue weighted by Gasteiger charge is -2.32. The number of nitrogens with one attached hydrogen (secondary N) is 2. The zero-order valence-corrected chi connectivity index (χ0v) is 25.7. The van der Waals surface area contributed by atoms with Crippen LogP contribution < -0.4 is 15.5 Å². The third-order valence-electron chi connectivity index (χ3n) is 6.19. The van der Waals surface area contributed by atoms with Crippen LogP contribution >= 0.6 is 56.5 Å². The third-order valence-corrected chi connectivity index (χ3v) is 8.73. The van der Waals surface area contributed by atoms with E-state index in [0.717, 1.165) is 48.1 Å². The molecule has 9 nitrogen and oxygen atoms in total. The van der Waals surface area contributed by atoms with Crippen LogP contribution in [0.25, 0.3) is 11.3 Å². The first-order valence-electron chi connectivity index (χ1n) is 11.9. The molecular weight excluding hydrogens is 730 g/mol. The minimum absolute atomic E-state index is 0.158.